The fourth-order valence-corrected chi connectivity index (χ4v) is 1.84. The van der Waals surface area contributed by atoms with E-state index in [-0.39, 0.29) is 0 Å². The van der Waals surface area contributed by atoms with Gasteiger partial charge in [0, 0.05) is 11.7 Å². The van der Waals surface area contributed by atoms with Crippen molar-refractivity contribution in [1.82, 2.24) is 0 Å². The smallest absolute Gasteiger partial charge is 0.0349 e. The molecule has 2 heteroatoms. The number of hydrogen-bond donors (Lipinski definition) is 2. The number of nitrogens with two attached hydrogens (primary N) is 2. The summed E-state index contributed by atoms with van der Waals surface area (Å²) in [4.78, 5) is 0. The summed E-state index contributed by atoms with van der Waals surface area (Å²) in [6.45, 7) is 0. The average molecular weight is 162 g/mol. The highest BCUT2D eigenvalue weighted by Gasteiger charge is 2.16. The Morgan fingerprint density at radius 2 is 2.17 bits per heavy atom. The predicted octanol–water partition coefficient (Wildman–Crippen LogP) is 1.08. The van der Waals surface area contributed by atoms with Crippen LogP contribution in [-0.4, -0.2) is 6.04 Å². The molecule has 0 aromatic heterocycles. The summed E-state index contributed by atoms with van der Waals surface area (Å²) in [7, 11) is 0. The molecule has 1 aliphatic carbocycles. The van der Waals surface area contributed by atoms with Gasteiger partial charge in [0.25, 0.3) is 0 Å². The van der Waals surface area contributed by atoms with Gasteiger partial charge in [-0.15, -0.1) is 0 Å². The van der Waals surface area contributed by atoms with E-state index in [1.54, 1.807) is 0 Å². The van der Waals surface area contributed by atoms with Crippen LogP contribution in [0, 0.1) is 0 Å². The zero-order chi connectivity index (χ0) is 8.55. The Morgan fingerprint density at radius 3 is 3.00 bits per heavy atom. The van der Waals surface area contributed by atoms with Crippen LogP contribution < -0.4 is 11.5 Å². The van der Waals surface area contributed by atoms with Gasteiger partial charge in [-0.25, -0.2) is 0 Å². The lowest BCUT2D eigenvalue weighted by atomic mass is 9.88. The Bertz CT molecular complexity index is 294. The maximum absolute atomic E-state index is 5.86. The van der Waals surface area contributed by atoms with Crippen molar-refractivity contribution < 1.29 is 0 Å². The minimum Gasteiger partial charge on any atom is -0.398 e. The monoisotopic (exact) mass is 162 g/mol. The summed E-state index contributed by atoms with van der Waals surface area (Å²) < 4.78 is 0. The van der Waals surface area contributed by atoms with Crippen molar-refractivity contribution in [2.45, 2.75) is 25.3 Å². The minimum atomic E-state index is 0.308. The van der Waals surface area contributed by atoms with Crippen LogP contribution in [0.4, 0.5) is 5.69 Å². The van der Waals surface area contributed by atoms with Crippen LogP contribution in [0.1, 0.15) is 17.5 Å². The maximum atomic E-state index is 5.86. The molecule has 0 bridgehead atoms. The van der Waals surface area contributed by atoms with Crippen molar-refractivity contribution in [1.29, 1.82) is 0 Å². The number of rotatable bonds is 0. The van der Waals surface area contributed by atoms with Crippen LogP contribution in [0.3, 0.4) is 0 Å². The minimum absolute atomic E-state index is 0.308. The third-order valence-corrected chi connectivity index (χ3v) is 2.56. The third kappa shape index (κ3) is 1.18. The quantitative estimate of drug-likeness (QED) is 0.561. The molecule has 0 heterocycles. The first-order chi connectivity index (χ1) is 5.77. The number of aryl methyl sites for hydroxylation is 1. The summed E-state index contributed by atoms with van der Waals surface area (Å²) >= 11 is 0. The largest absolute Gasteiger partial charge is 0.398 e. The van der Waals surface area contributed by atoms with E-state index in [0.29, 0.717) is 6.04 Å². The molecule has 0 amide bonds. The molecule has 0 saturated heterocycles. The zero-order valence-corrected chi connectivity index (χ0v) is 7.09. The van der Waals surface area contributed by atoms with Gasteiger partial charge in [0.15, 0.2) is 0 Å². The summed E-state index contributed by atoms with van der Waals surface area (Å²) in [6.07, 6.45) is 3.12. The average Bonchev–Trinajstić information content (AvgIpc) is 2.07. The van der Waals surface area contributed by atoms with E-state index >= 15 is 0 Å². The van der Waals surface area contributed by atoms with Gasteiger partial charge < -0.3 is 11.5 Å². The molecular weight excluding hydrogens is 148 g/mol. The SMILES string of the molecule is Nc1cccc2c1CC(N)CC2. The van der Waals surface area contributed by atoms with Crippen molar-refractivity contribution in [2.24, 2.45) is 5.73 Å². The summed E-state index contributed by atoms with van der Waals surface area (Å²) in [5, 5.41) is 0. The Kier molecular flexibility index (Phi) is 1.77. The van der Waals surface area contributed by atoms with E-state index in [0.717, 1.165) is 24.9 Å². The number of hydrogen-bond acceptors (Lipinski definition) is 2. The Morgan fingerprint density at radius 1 is 1.33 bits per heavy atom. The molecule has 0 aliphatic heterocycles. The molecule has 1 aromatic carbocycles. The van der Waals surface area contributed by atoms with E-state index in [2.05, 4.69) is 6.07 Å². The van der Waals surface area contributed by atoms with Crippen LogP contribution in [0.25, 0.3) is 0 Å². The standard InChI is InChI=1S/C10H14N2/c11-8-5-4-7-2-1-3-10(12)9(7)6-8/h1-3,8H,4-6,11-12H2. The molecule has 1 aromatic rings. The Hall–Kier alpha value is -1.02. The lowest BCUT2D eigenvalue weighted by Crippen LogP contribution is -2.28. The van der Waals surface area contributed by atoms with Gasteiger partial charge in [0.05, 0.1) is 0 Å². The summed E-state index contributed by atoms with van der Waals surface area (Å²) in [6, 6.07) is 6.43. The zero-order valence-electron chi connectivity index (χ0n) is 7.09. The van der Waals surface area contributed by atoms with Crippen molar-refractivity contribution in [2.75, 3.05) is 5.73 Å². The van der Waals surface area contributed by atoms with Crippen LogP contribution in [0.5, 0.6) is 0 Å². The number of nitrogen functional groups attached to an aromatic ring is 1. The van der Waals surface area contributed by atoms with Gasteiger partial charge in [0.2, 0.25) is 0 Å². The van der Waals surface area contributed by atoms with Gasteiger partial charge in [-0.3, -0.25) is 0 Å². The van der Waals surface area contributed by atoms with E-state index in [1.165, 1.54) is 11.1 Å². The molecule has 64 valence electrons. The second kappa shape index (κ2) is 2.79. The van der Waals surface area contributed by atoms with E-state index in [9.17, 15) is 0 Å². The molecule has 0 saturated carbocycles. The fraction of sp³-hybridized carbons (Fsp3) is 0.400. The Labute approximate surface area is 72.6 Å². The lowest BCUT2D eigenvalue weighted by Gasteiger charge is -2.22. The van der Waals surface area contributed by atoms with Crippen LogP contribution in [0.15, 0.2) is 18.2 Å². The highest BCUT2D eigenvalue weighted by atomic mass is 14.6. The molecular formula is C10H14N2. The third-order valence-electron chi connectivity index (χ3n) is 2.56. The first kappa shape index (κ1) is 7.62. The summed E-state index contributed by atoms with van der Waals surface area (Å²) in [5.74, 6) is 0. The molecule has 1 unspecified atom stereocenters. The molecule has 0 radical (unpaired) electrons. The van der Waals surface area contributed by atoms with Gasteiger partial charge in [-0.1, -0.05) is 12.1 Å². The molecule has 1 atom stereocenters. The summed E-state index contributed by atoms with van der Waals surface area (Å²) in [5.41, 5.74) is 15.3. The molecule has 0 fully saturated rings. The van der Waals surface area contributed by atoms with E-state index in [1.807, 2.05) is 12.1 Å². The van der Waals surface area contributed by atoms with E-state index < -0.39 is 0 Å². The first-order valence-corrected chi connectivity index (χ1v) is 4.39. The molecule has 2 rings (SSSR count). The molecule has 4 N–H and O–H groups in total. The normalized spacial score (nSPS) is 21.9. The van der Waals surface area contributed by atoms with Crippen molar-refractivity contribution in [3.63, 3.8) is 0 Å². The first-order valence-electron chi connectivity index (χ1n) is 4.39. The lowest BCUT2D eigenvalue weighted by molar-refractivity contribution is 0.578. The second-order valence-corrected chi connectivity index (χ2v) is 3.49. The van der Waals surface area contributed by atoms with Gasteiger partial charge in [-0.2, -0.15) is 0 Å². The predicted molar refractivity (Wildman–Crippen MR) is 50.9 cm³/mol. The number of anilines is 1. The van der Waals surface area contributed by atoms with Crippen molar-refractivity contribution >= 4 is 5.69 Å². The number of fused-ring (bicyclic) bond motifs is 1. The highest BCUT2D eigenvalue weighted by Crippen LogP contribution is 2.25. The van der Waals surface area contributed by atoms with E-state index in [4.69, 9.17) is 11.5 Å². The maximum Gasteiger partial charge on any atom is 0.0349 e. The topological polar surface area (TPSA) is 52.0 Å². The van der Waals surface area contributed by atoms with Gasteiger partial charge in [0.1, 0.15) is 0 Å². The molecule has 2 nitrogen and oxygen atoms in total. The van der Waals surface area contributed by atoms with Crippen LogP contribution >= 0.6 is 0 Å². The fourth-order valence-electron chi connectivity index (χ4n) is 1.84. The van der Waals surface area contributed by atoms with Gasteiger partial charge in [-0.05, 0) is 36.5 Å². The van der Waals surface area contributed by atoms with Crippen LogP contribution in [0.2, 0.25) is 0 Å². The molecule has 0 spiro atoms. The number of benzene rings is 1. The van der Waals surface area contributed by atoms with Gasteiger partial charge >= 0.3 is 0 Å². The van der Waals surface area contributed by atoms with Crippen molar-refractivity contribution in [3.05, 3.63) is 29.3 Å². The van der Waals surface area contributed by atoms with Crippen molar-refractivity contribution in [3.8, 4) is 0 Å². The Balaban J connectivity index is 2.43. The highest BCUT2D eigenvalue weighted by molar-refractivity contribution is 5.52. The second-order valence-electron chi connectivity index (χ2n) is 3.49. The molecule has 1 aliphatic rings. The van der Waals surface area contributed by atoms with Crippen LogP contribution in [-0.2, 0) is 12.8 Å². The molecule has 12 heavy (non-hydrogen) atoms.